The van der Waals surface area contributed by atoms with Crippen LogP contribution >= 0.6 is 0 Å². The Morgan fingerprint density at radius 3 is 1.33 bits per heavy atom. The molecule has 4 heteroatoms. The van der Waals surface area contributed by atoms with Crippen LogP contribution in [0.15, 0.2) is 0 Å². The van der Waals surface area contributed by atoms with E-state index in [0.717, 1.165) is 25.7 Å². The van der Waals surface area contributed by atoms with E-state index in [4.69, 9.17) is 9.47 Å². The number of ether oxygens (including phenoxy) is 2. The predicted octanol–water partition coefficient (Wildman–Crippen LogP) is 1.61. The van der Waals surface area contributed by atoms with Crippen LogP contribution in [0.2, 0.25) is 26.2 Å². The van der Waals surface area contributed by atoms with Gasteiger partial charge in [-0.05, 0) is 0 Å². The summed E-state index contributed by atoms with van der Waals surface area (Å²) in [6, 6.07) is 0. The van der Waals surface area contributed by atoms with E-state index >= 15 is 0 Å². The third-order valence-corrected chi connectivity index (χ3v) is 2.72. The first-order chi connectivity index (χ1) is 5.63. The topological polar surface area (TPSA) is 18.5 Å². The summed E-state index contributed by atoms with van der Waals surface area (Å²) in [6.45, 7) is 10.6. The van der Waals surface area contributed by atoms with E-state index in [-0.39, 0.29) is 17.6 Å². The molecule has 0 aromatic heterocycles. The maximum Gasteiger partial charge on any atom is 0.0741 e. The molecule has 0 N–H and O–H groups in total. The molecule has 0 aliphatic rings. The summed E-state index contributed by atoms with van der Waals surface area (Å²) in [7, 11) is -0.418. The lowest BCUT2D eigenvalue weighted by molar-refractivity contribution is 0.0821. The third-order valence-electron chi connectivity index (χ3n) is 1.15. The highest BCUT2D eigenvalue weighted by atomic mass is 28.3. The maximum absolute atomic E-state index is 5.41. The van der Waals surface area contributed by atoms with Crippen LogP contribution in [0, 0.1) is 0 Å². The van der Waals surface area contributed by atoms with Crippen molar-refractivity contribution in [1.82, 2.24) is 0 Å². The van der Waals surface area contributed by atoms with Gasteiger partial charge < -0.3 is 9.47 Å². The Balaban J connectivity index is 2.91. The van der Waals surface area contributed by atoms with Crippen LogP contribution in [-0.4, -0.2) is 43.3 Å². The van der Waals surface area contributed by atoms with E-state index in [1.807, 2.05) is 0 Å². The Morgan fingerprint density at radius 1 is 0.750 bits per heavy atom. The van der Waals surface area contributed by atoms with Gasteiger partial charge in [0.15, 0.2) is 0 Å². The molecule has 12 heavy (non-hydrogen) atoms. The zero-order valence-electron chi connectivity index (χ0n) is 8.64. The molecule has 0 saturated carbocycles. The molecule has 0 rings (SSSR count). The van der Waals surface area contributed by atoms with Crippen LogP contribution < -0.4 is 0 Å². The van der Waals surface area contributed by atoms with Gasteiger partial charge in [-0.2, -0.15) is 0 Å². The molecule has 0 aromatic rings. The monoisotopic (exact) mass is 204 g/mol. The molecule has 0 aliphatic heterocycles. The first kappa shape index (κ1) is 12.4. The van der Waals surface area contributed by atoms with Gasteiger partial charge in [-0.1, -0.05) is 26.2 Å². The van der Waals surface area contributed by atoms with Crippen molar-refractivity contribution >= 4 is 17.6 Å². The molecule has 0 unspecified atom stereocenters. The SMILES string of the molecule is C[Si](C)COCCOC[Si](C)C. The van der Waals surface area contributed by atoms with Crippen LogP contribution in [0.4, 0.5) is 0 Å². The fourth-order valence-corrected chi connectivity index (χ4v) is 1.78. The summed E-state index contributed by atoms with van der Waals surface area (Å²) in [5, 5.41) is 0. The first-order valence-corrected chi connectivity index (χ1v) is 9.78. The summed E-state index contributed by atoms with van der Waals surface area (Å²) in [5.41, 5.74) is 0. The van der Waals surface area contributed by atoms with E-state index in [2.05, 4.69) is 26.2 Å². The van der Waals surface area contributed by atoms with Crippen molar-refractivity contribution in [3.05, 3.63) is 0 Å². The van der Waals surface area contributed by atoms with E-state index in [1.54, 1.807) is 0 Å². The van der Waals surface area contributed by atoms with Crippen molar-refractivity contribution < 1.29 is 9.47 Å². The van der Waals surface area contributed by atoms with Gasteiger partial charge in [0, 0.05) is 12.5 Å². The lowest BCUT2D eigenvalue weighted by Gasteiger charge is -2.07. The minimum atomic E-state index is -0.209. The van der Waals surface area contributed by atoms with Gasteiger partial charge in [0.1, 0.15) is 0 Å². The lowest BCUT2D eigenvalue weighted by atomic mass is 10.8. The van der Waals surface area contributed by atoms with Crippen LogP contribution in [-0.2, 0) is 9.47 Å². The third kappa shape index (κ3) is 10.4. The van der Waals surface area contributed by atoms with Crippen molar-refractivity contribution in [3.8, 4) is 0 Å². The van der Waals surface area contributed by atoms with Crippen molar-refractivity contribution in [2.75, 3.05) is 25.7 Å². The highest BCUT2D eigenvalue weighted by molar-refractivity contribution is 6.55. The highest BCUT2D eigenvalue weighted by Crippen LogP contribution is 1.85. The second kappa shape index (κ2) is 7.98. The second-order valence-corrected chi connectivity index (χ2v) is 8.93. The van der Waals surface area contributed by atoms with Crippen molar-refractivity contribution in [3.63, 3.8) is 0 Å². The van der Waals surface area contributed by atoms with Crippen LogP contribution in [0.3, 0.4) is 0 Å². The Morgan fingerprint density at radius 2 is 1.08 bits per heavy atom. The van der Waals surface area contributed by atoms with Crippen molar-refractivity contribution in [2.24, 2.45) is 0 Å². The van der Waals surface area contributed by atoms with Gasteiger partial charge in [0.25, 0.3) is 0 Å². The minimum absolute atomic E-state index is 0.209. The zero-order chi connectivity index (χ0) is 9.40. The molecular formula is C8H20O2Si2. The van der Waals surface area contributed by atoms with Crippen LogP contribution in [0.5, 0.6) is 0 Å². The Hall–Kier alpha value is 0.354. The average molecular weight is 204 g/mol. The molecule has 2 radical (unpaired) electrons. The summed E-state index contributed by atoms with van der Waals surface area (Å²) >= 11 is 0. The van der Waals surface area contributed by atoms with Gasteiger partial charge in [-0.25, -0.2) is 0 Å². The molecule has 0 fully saturated rings. The van der Waals surface area contributed by atoms with Crippen LogP contribution in [0.1, 0.15) is 0 Å². The molecule has 72 valence electrons. The molecule has 0 amide bonds. The normalized spacial score (nSPS) is 11.5. The fourth-order valence-electron chi connectivity index (χ4n) is 0.670. The fraction of sp³-hybridized carbons (Fsp3) is 1.00. The Labute approximate surface area is 79.5 Å². The molecule has 0 saturated heterocycles. The molecule has 0 aliphatic carbocycles. The summed E-state index contributed by atoms with van der Waals surface area (Å²) in [6.07, 6.45) is 1.90. The van der Waals surface area contributed by atoms with E-state index in [0.29, 0.717) is 0 Å². The molecule has 0 bridgehead atoms. The summed E-state index contributed by atoms with van der Waals surface area (Å²) in [4.78, 5) is 0. The maximum atomic E-state index is 5.41. The van der Waals surface area contributed by atoms with E-state index < -0.39 is 0 Å². The van der Waals surface area contributed by atoms with Gasteiger partial charge >= 0.3 is 0 Å². The minimum Gasteiger partial charge on any atom is -0.383 e. The molecule has 0 atom stereocenters. The van der Waals surface area contributed by atoms with E-state index in [1.165, 1.54) is 0 Å². The Bertz CT molecular complexity index is 85.1. The predicted molar refractivity (Wildman–Crippen MR) is 56.6 cm³/mol. The van der Waals surface area contributed by atoms with Crippen molar-refractivity contribution in [2.45, 2.75) is 26.2 Å². The van der Waals surface area contributed by atoms with Gasteiger partial charge in [0.2, 0.25) is 0 Å². The molecule has 0 aromatic carbocycles. The number of hydrogen-bond donors (Lipinski definition) is 0. The second-order valence-electron chi connectivity index (χ2n) is 3.52. The first-order valence-electron chi connectivity index (χ1n) is 4.36. The smallest absolute Gasteiger partial charge is 0.0741 e. The highest BCUT2D eigenvalue weighted by Gasteiger charge is 1.97. The molecule has 2 nitrogen and oxygen atoms in total. The standard InChI is InChI=1S/C8H20O2Si2/c1-11(2)7-9-5-6-10-8-12(3)4/h5-8H2,1-4H3. The Kier molecular flexibility index (Phi) is 8.21. The average Bonchev–Trinajstić information content (AvgIpc) is 1.95. The lowest BCUT2D eigenvalue weighted by Crippen LogP contribution is -2.17. The summed E-state index contributed by atoms with van der Waals surface area (Å²) < 4.78 is 10.8. The molecule has 0 spiro atoms. The van der Waals surface area contributed by atoms with Crippen molar-refractivity contribution in [1.29, 1.82) is 0 Å². The van der Waals surface area contributed by atoms with E-state index in [9.17, 15) is 0 Å². The largest absolute Gasteiger partial charge is 0.383 e. The summed E-state index contributed by atoms with van der Waals surface area (Å²) in [5.74, 6) is 0. The molecular weight excluding hydrogens is 184 g/mol. The quantitative estimate of drug-likeness (QED) is 0.463. The van der Waals surface area contributed by atoms with Gasteiger partial charge in [0.05, 0.1) is 30.8 Å². The number of rotatable bonds is 7. The molecule has 0 heterocycles. The van der Waals surface area contributed by atoms with Gasteiger partial charge in [-0.3, -0.25) is 0 Å². The zero-order valence-corrected chi connectivity index (χ0v) is 10.6. The number of hydrogen-bond acceptors (Lipinski definition) is 2. The van der Waals surface area contributed by atoms with Gasteiger partial charge in [-0.15, -0.1) is 0 Å². The van der Waals surface area contributed by atoms with Crippen LogP contribution in [0.25, 0.3) is 0 Å².